The molecule has 1 N–H and O–H groups in total. The van der Waals surface area contributed by atoms with Gasteiger partial charge in [0.05, 0.1) is 0 Å². The van der Waals surface area contributed by atoms with Crippen molar-refractivity contribution in [1.82, 2.24) is 10.3 Å². The molecule has 112 valence electrons. The summed E-state index contributed by atoms with van der Waals surface area (Å²) in [7, 11) is 0. The van der Waals surface area contributed by atoms with Gasteiger partial charge in [-0.05, 0) is 64.6 Å². The summed E-state index contributed by atoms with van der Waals surface area (Å²) in [6.45, 7) is 3.18. The Labute approximate surface area is 151 Å². The summed E-state index contributed by atoms with van der Waals surface area (Å²) in [4.78, 5) is 4.25. The predicted molar refractivity (Wildman–Crippen MR) is 98.5 cm³/mol. The van der Waals surface area contributed by atoms with E-state index < -0.39 is 0 Å². The Bertz CT molecular complexity index is 602. The van der Waals surface area contributed by atoms with Crippen molar-refractivity contribution < 1.29 is 0 Å². The summed E-state index contributed by atoms with van der Waals surface area (Å²) in [6.07, 6.45) is 5.76. The second-order valence-corrected chi connectivity index (χ2v) is 7.57. The highest BCUT2D eigenvalue weighted by molar-refractivity contribution is 9.11. The molecule has 2 aromatic rings. The van der Waals surface area contributed by atoms with Crippen LogP contribution in [0.15, 0.2) is 50.1 Å². The molecule has 0 saturated heterocycles. The molecule has 1 aromatic carbocycles. The maximum Gasteiger partial charge on any atom is 0.0410 e. The molecule has 2 rings (SSSR count). The van der Waals surface area contributed by atoms with E-state index in [4.69, 9.17) is 0 Å². The maximum absolute atomic E-state index is 4.25. The third-order valence-corrected chi connectivity index (χ3v) is 4.79. The summed E-state index contributed by atoms with van der Waals surface area (Å²) < 4.78 is 3.22. The van der Waals surface area contributed by atoms with E-state index in [1.54, 1.807) is 0 Å². The normalized spacial score (nSPS) is 12.4. The molecule has 0 aliphatic heterocycles. The van der Waals surface area contributed by atoms with Crippen LogP contribution in [0.2, 0.25) is 0 Å². The van der Waals surface area contributed by atoms with Gasteiger partial charge in [0.2, 0.25) is 0 Å². The van der Waals surface area contributed by atoms with Crippen molar-refractivity contribution in [1.29, 1.82) is 0 Å². The quantitative estimate of drug-likeness (QED) is 0.582. The third kappa shape index (κ3) is 5.16. The Morgan fingerprint density at radius 3 is 2.57 bits per heavy atom. The number of aromatic nitrogens is 1. The summed E-state index contributed by atoms with van der Waals surface area (Å²) in [5.74, 6) is 0. The van der Waals surface area contributed by atoms with Gasteiger partial charge in [-0.15, -0.1) is 0 Å². The van der Waals surface area contributed by atoms with Crippen LogP contribution < -0.4 is 5.32 Å². The van der Waals surface area contributed by atoms with Crippen LogP contribution in [-0.4, -0.2) is 11.5 Å². The van der Waals surface area contributed by atoms with Gasteiger partial charge in [0, 0.05) is 31.9 Å². The first-order chi connectivity index (χ1) is 10.1. The van der Waals surface area contributed by atoms with Gasteiger partial charge in [-0.2, -0.15) is 0 Å². The monoisotopic (exact) mass is 474 g/mol. The fourth-order valence-corrected chi connectivity index (χ4v) is 3.93. The zero-order chi connectivity index (χ0) is 15.2. The van der Waals surface area contributed by atoms with Crippen LogP contribution >= 0.6 is 47.8 Å². The molecule has 0 fully saturated rings. The van der Waals surface area contributed by atoms with Gasteiger partial charge < -0.3 is 5.32 Å². The Kier molecular flexibility index (Phi) is 6.86. The molecule has 1 atom stereocenters. The highest BCUT2D eigenvalue weighted by atomic mass is 79.9. The van der Waals surface area contributed by atoms with Gasteiger partial charge in [-0.3, -0.25) is 4.98 Å². The molecule has 1 aromatic heterocycles. The Morgan fingerprint density at radius 1 is 1.10 bits per heavy atom. The van der Waals surface area contributed by atoms with Crippen molar-refractivity contribution in [2.45, 2.75) is 25.8 Å². The lowest BCUT2D eigenvalue weighted by Gasteiger charge is -2.20. The summed E-state index contributed by atoms with van der Waals surface area (Å²) >= 11 is 10.7. The minimum Gasteiger partial charge on any atom is -0.310 e. The zero-order valence-electron chi connectivity index (χ0n) is 11.7. The topological polar surface area (TPSA) is 24.9 Å². The molecule has 2 nitrogen and oxygen atoms in total. The molecular formula is C16H17Br3N2. The zero-order valence-corrected chi connectivity index (χ0v) is 16.5. The van der Waals surface area contributed by atoms with Gasteiger partial charge in [0.25, 0.3) is 0 Å². The third-order valence-electron chi connectivity index (χ3n) is 3.18. The van der Waals surface area contributed by atoms with Crippen molar-refractivity contribution in [3.8, 4) is 0 Å². The smallest absolute Gasteiger partial charge is 0.0410 e. The number of pyridine rings is 1. The minimum atomic E-state index is 0.267. The summed E-state index contributed by atoms with van der Waals surface area (Å²) in [5, 5.41) is 3.63. The maximum atomic E-state index is 4.25. The first kappa shape index (κ1) is 17.1. The van der Waals surface area contributed by atoms with E-state index in [-0.39, 0.29) is 6.04 Å². The van der Waals surface area contributed by atoms with Crippen molar-refractivity contribution in [2.24, 2.45) is 0 Å². The first-order valence-electron chi connectivity index (χ1n) is 6.88. The van der Waals surface area contributed by atoms with Crippen LogP contribution in [0.4, 0.5) is 0 Å². The lowest BCUT2D eigenvalue weighted by Crippen LogP contribution is -2.24. The Hall–Kier alpha value is -0.230. The van der Waals surface area contributed by atoms with Gasteiger partial charge in [0.15, 0.2) is 0 Å². The number of hydrogen-bond acceptors (Lipinski definition) is 2. The predicted octanol–water partition coefficient (Wildman–Crippen LogP) is 5.65. The van der Waals surface area contributed by atoms with E-state index in [1.165, 1.54) is 11.1 Å². The second kappa shape index (κ2) is 8.42. The molecule has 21 heavy (non-hydrogen) atoms. The fourth-order valence-electron chi connectivity index (χ4n) is 2.20. The molecule has 5 heteroatoms. The fraction of sp³-hybridized carbons (Fsp3) is 0.312. The van der Waals surface area contributed by atoms with Crippen LogP contribution in [-0.2, 0) is 6.42 Å². The average molecular weight is 477 g/mol. The number of halogens is 3. The molecule has 1 heterocycles. The number of benzene rings is 1. The number of hydrogen-bond donors (Lipinski definition) is 1. The van der Waals surface area contributed by atoms with E-state index in [2.05, 4.69) is 89.3 Å². The number of nitrogens with one attached hydrogen (secondary N) is 1. The van der Waals surface area contributed by atoms with Crippen molar-refractivity contribution >= 4 is 47.8 Å². The van der Waals surface area contributed by atoms with E-state index >= 15 is 0 Å². The Morgan fingerprint density at radius 2 is 1.90 bits per heavy atom. The lowest BCUT2D eigenvalue weighted by atomic mass is 9.99. The second-order valence-electron chi connectivity index (χ2n) is 4.89. The van der Waals surface area contributed by atoms with Crippen molar-refractivity contribution in [3.63, 3.8) is 0 Å². The van der Waals surface area contributed by atoms with Gasteiger partial charge >= 0.3 is 0 Å². The van der Waals surface area contributed by atoms with Crippen LogP contribution in [0.25, 0.3) is 0 Å². The van der Waals surface area contributed by atoms with Crippen LogP contribution in [0.5, 0.6) is 0 Å². The molecule has 0 saturated carbocycles. The molecular weight excluding hydrogens is 460 g/mol. The van der Waals surface area contributed by atoms with Crippen LogP contribution in [0.1, 0.15) is 30.5 Å². The van der Waals surface area contributed by atoms with E-state index in [0.717, 1.165) is 32.8 Å². The molecule has 0 bridgehead atoms. The van der Waals surface area contributed by atoms with E-state index in [0.29, 0.717) is 0 Å². The van der Waals surface area contributed by atoms with E-state index in [1.807, 2.05) is 12.4 Å². The molecule has 0 aliphatic rings. The van der Waals surface area contributed by atoms with Gasteiger partial charge in [0.1, 0.15) is 0 Å². The lowest BCUT2D eigenvalue weighted by molar-refractivity contribution is 0.527. The van der Waals surface area contributed by atoms with E-state index in [9.17, 15) is 0 Å². The standard InChI is InChI=1S/C16H17Br3N2/c1-2-5-21-16(7-11-6-13(18)10-20-9-11)14-4-3-12(17)8-15(14)19/h3-4,6,8-10,16,21H,2,5,7H2,1H3. The van der Waals surface area contributed by atoms with Gasteiger partial charge in [-0.25, -0.2) is 0 Å². The van der Waals surface area contributed by atoms with Crippen LogP contribution in [0, 0.1) is 0 Å². The average Bonchev–Trinajstić information content (AvgIpc) is 2.44. The molecule has 1 unspecified atom stereocenters. The van der Waals surface area contributed by atoms with Crippen LogP contribution in [0.3, 0.4) is 0 Å². The van der Waals surface area contributed by atoms with Crippen molar-refractivity contribution in [2.75, 3.05) is 6.54 Å². The molecule has 0 amide bonds. The molecule has 0 aliphatic carbocycles. The number of nitrogens with zero attached hydrogens (tertiary/aromatic N) is 1. The minimum absolute atomic E-state index is 0.267. The first-order valence-corrected chi connectivity index (χ1v) is 9.25. The number of rotatable bonds is 6. The largest absolute Gasteiger partial charge is 0.310 e. The highest BCUT2D eigenvalue weighted by Gasteiger charge is 2.15. The van der Waals surface area contributed by atoms with Gasteiger partial charge in [-0.1, -0.05) is 44.8 Å². The molecule has 0 radical (unpaired) electrons. The summed E-state index contributed by atoms with van der Waals surface area (Å²) in [6, 6.07) is 8.73. The van der Waals surface area contributed by atoms with Crippen molar-refractivity contribution in [3.05, 3.63) is 61.2 Å². The summed E-state index contributed by atoms with van der Waals surface area (Å²) in [5.41, 5.74) is 2.49. The molecule has 0 spiro atoms. The Balaban J connectivity index is 2.25. The SMILES string of the molecule is CCCNC(Cc1cncc(Br)c1)c1ccc(Br)cc1Br. The highest BCUT2D eigenvalue weighted by Crippen LogP contribution is 2.29.